The Morgan fingerprint density at radius 2 is 1.88 bits per heavy atom. The number of aromatic amines is 1. The maximum atomic E-state index is 11.1. The zero-order valence-electron chi connectivity index (χ0n) is 12.8. The fourth-order valence-corrected chi connectivity index (χ4v) is 2.79. The SMILES string of the molecule is CC(=O)N=c1ccc2[nH+]c3c(cc(N)c4ccccc43)oc-2c1.[Cl-]. The molecule has 2 aliphatic rings. The van der Waals surface area contributed by atoms with Crippen molar-refractivity contribution >= 4 is 33.5 Å². The molecule has 1 aliphatic carbocycles. The number of fused-ring (bicyclic) bond motifs is 4. The van der Waals surface area contributed by atoms with Gasteiger partial charge in [-0.2, -0.15) is 4.98 Å². The molecule has 0 saturated heterocycles. The van der Waals surface area contributed by atoms with E-state index in [4.69, 9.17) is 10.2 Å². The van der Waals surface area contributed by atoms with Crippen LogP contribution in [0.2, 0.25) is 0 Å². The van der Waals surface area contributed by atoms with Gasteiger partial charge in [0.15, 0.2) is 0 Å². The van der Waals surface area contributed by atoms with Gasteiger partial charge in [0, 0.05) is 36.2 Å². The van der Waals surface area contributed by atoms with Gasteiger partial charge in [-0.3, -0.25) is 4.79 Å². The molecular formula is C18H14ClN3O2. The van der Waals surface area contributed by atoms with Crippen LogP contribution in [0.1, 0.15) is 6.92 Å². The van der Waals surface area contributed by atoms with Gasteiger partial charge in [-0.1, -0.05) is 18.2 Å². The zero-order chi connectivity index (χ0) is 16.0. The minimum atomic E-state index is -0.246. The van der Waals surface area contributed by atoms with Crippen LogP contribution in [0, 0.1) is 0 Å². The Labute approximate surface area is 143 Å². The highest BCUT2D eigenvalue weighted by Crippen LogP contribution is 2.30. The molecule has 0 aromatic heterocycles. The number of carbonyl (C=O) groups excluding carboxylic acids is 1. The number of benzene rings is 3. The number of carbonyl (C=O) groups is 1. The molecule has 0 fully saturated rings. The quantitative estimate of drug-likeness (QED) is 0.267. The number of nitrogen functional groups attached to an aromatic ring is 1. The van der Waals surface area contributed by atoms with Gasteiger partial charge in [-0.05, 0) is 12.1 Å². The first-order chi connectivity index (χ1) is 11.1. The van der Waals surface area contributed by atoms with Gasteiger partial charge >= 0.3 is 0 Å². The largest absolute Gasteiger partial charge is 1.00 e. The Morgan fingerprint density at radius 3 is 2.62 bits per heavy atom. The van der Waals surface area contributed by atoms with E-state index in [1.54, 1.807) is 12.1 Å². The summed E-state index contributed by atoms with van der Waals surface area (Å²) in [6, 6.07) is 15.1. The summed E-state index contributed by atoms with van der Waals surface area (Å²) in [7, 11) is 0. The Balaban J connectivity index is 0.00000169. The second-order valence-electron chi connectivity index (χ2n) is 5.42. The molecule has 1 amide bonds. The van der Waals surface area contributed by atoms with Crippen molar-refractivity contribution < 1.29 is 26.6 Å². The predicted octanol–water partition coefficient (Wildman–Crippen LogP) is -0.462. The van der Waals surface area contributed by atoms with Crippen molar-refractivity contribution in [3.8, 4) is 11.5 Å². The van der Waals surface area contributed by atoms with E-state index in [2.05, 4.69) is 9.98 Å². The van der Waals surface area contributed by atoms with E-state index in [1.165, 1.54) is 6.92 Å². The van der Waals surface area contributed by atoms with E-state index in [0.29, 0.717) is 22.4 Å². The molecule has 0 saturated carbocycles. The Hall–Kier alpha value is -2.92. The first-order valence-corrected chi connectivity index (χ1v) is 7.24. The lowest BCUT2D eigenvalue weighted by Gasteiger charge is -2.05. The van der Waals surface area contributed by atoms with E-state index in [-0.39, 0.29) is 18.3 Å². The minimum Gasteiger partial charge on any atom is -1.00 e. The summed E-state index contributed by atoms with van der Waals surface area (Å²) >= 11 is 0. The summed E-state index contributed by atoms with van der Waals surface area (Å²) in [5, 5.41) is 2.55. The molecular weight excluding hydrogens is 326 g/mol. The molecule has 0 radical (unpaired) electrons. The number of aromatic nitrogens is 1. The van der Waals surface area contributed by atoms with E-state index in [9.17, 15) is 4.79 Å². The molecule has 1 aliphatic heterocycles. The van der Waals surface area contributed by atoms with Crippen molar-refractivity contribution in [1.82, 2.24) is 0 Å². The van der Waals surface area contributed by atoms with Gasteiger partial charge in [0.05, 0.1) is 10.7 Å². The molecule has 5 nitrogen and oxygen atoms in total. The van der Waals surface area contributed by atoms with Gasteiger partial charge < -0.3 is 22.6 Å². The lowest BCUT2D eigenvalue weighted by atomic mass is 10.1. The second-order valence-corrected chi connectivity index (χ2v) is 5.42. The van der Waals surface area contributed by atoms with E-state index < -0.39 is 0 Å². The molecule has 0 bridgehead atoms. The van der Waals surface area contributed by atoms with Crippen LogP contribution in [0.5, 0.6) is 0 Å². The molecule has 2 aromatic carbocycles. The van der Waals surface area contributed by atoms with Crippen molar-refractivity contribution in [2.75, 3.05) is 5.73 Å². The van der Waals surface area contributed by atoms with Crippen LogP contribution in [0.25, 0.3) is 33.3 Å². The average molecular weight is 340 g/mol. The number of H-pyrrole nitrogens is 1. The second kappa shape index (κ2) is 5.94. The van der Waals surface area contributed by atoms with E-state index in [1.807, 2.05) is 36.4 Å². The van der Waals surface area contributed by atoms with Crippen molar-refractivity contribution in [3.05, 3.63) is 53.9 Å². The van der Waals surface area contributed by atoms with Gasteiger partial charge in [0.1, 0.15) is 0 Å². The molecule has 0 spiro atoms. The smallest absolute Gasteiger partial charge is 0.255 e. The number of hydrogen-bond acceptors (Lipinski definition) is 3. The van der Waals surface area contributed by atoms with Crippen molar-refractivity contribution in [3.63, 3.8) is 0 Å². The van der Waals surface area contributed by atoms with Crippen molar-refractivity contribution in [2.45, 2.75) is 6.92 Å². The fraction of sp³-hybridized carbons (Fsp3) is 0.0556. The minimum absolute atomic E-state index is 0. The van der Waals surface area contributed by atoms with Crippen LogP contribution in [-0.2, 0) is 4.79 Å². The van der Waals surface area contributed by atoms with Crippen LogP contribution in [0.4, 0.5) is 5.69 Å². The lowest BCUT2D eigenvalue weighted by Crippen LogP contribution is -3.00. The standard InChI is InChI=1S/C18H13N3O2.ClH/c1-10(22)20-11-6-7-15-16(8-11)23-17-9-14(19)12-4-2-3-5-13(12)18(17)21-15;/h2-9H,19H2,1H3;1H. The molecule has 6 heteroatoms. The van der Waals surface area contributed by atoms with Crippen LogP contribution in [0.15, 0.2) is 57.9 Å². The van der Waals surface area contributed by atoms with Crippen LogP contribution in [0.3, 0.4) is 0 Å². The maximum absolute atomic E-state index is 11.1. The zero-order valence-corrected chi connectivity index (χ0v) is 13.6. The summed E-state index contributed by atoms with van der Waals surface area (Å²) in [5.74, 6) is 0.374. The fourth-order valence-electron chi connectivity index (χ4n) is 2.79. The number of nitrogens with one attached hydrogen (secondary N) is 1. The Kier molecular flexibility index (Phi) is 3.95. The monoisotopic (exact) mass is 339 g/mol. The third-order valence-corrected chi connectivity index (χ3v) is 3.77. The summed E-state index contributed by atoms with van der Waals surface area (Å²) < 4.78 is 5.97. The predicted molar refractivity (Wildman–Crippen MR) is 87.6 cm³/mol. The number of halogens is 1. The molecule has 2 aromatic rings. The van der Waals surface area contributed by atoms with Gasteiger partial charge in [-0.25, -0.2) is 4.99 Å². The lowest BCUT2D eigenvalue weighted by molar-refractivity contribution is -0.332. The molecule has 0 unspecified atom stereocenters. The first-order valence-electron chi connectivity index (χ1n) is 7.24. The highest BCUT2D eigenvalue weighted by Gasteiger charge is 2.18. The molecule has 120 valence electrons. The molecule has 4 rings (SSSR count). The molecule has 0 atom stereocenters. The molecule has 24 heavy (non-hydrogen) atoms. The Bertz CT molecular complexity index is 1120. The average Bonchev–Trinajstić information content (AvgIpc) is 2.53. The van der Waals surface area contributed by atoms with Crippen molar-refractivity contribution in [2.24, 2.45) is 4.99 Å². The molecule has 3 N–H and O–H groups in total. The number of rotatable bonds is 0. The van der Waals surface area contributed by atoms with Crippen LogP contribution >= 0.6 is 0 Å². The number of hydrogen-bond donors (Lipinski definition) is 1. The number of anilines is 1. The van der Waals surface area contributed by atoms with Crippen LogP contribution < -0.4 is 28.5 Å². The van der Waals surface area contributed by atoms with E-state index >= 15 is 0 Å². The van der Waals surface area contributed by atoms with Crippen LogP contribution in [-0.4, -0.2) is 5.91 Å². The summed E-state index contributed by atoms with van der Waals surface area (Å²) in [5.41, 5.74) is 9.16. The summed E-state index contributed by atoms with van der Waals surface area (Å²) in [6.45, 7) is 1.42. The van der Waals surface area contributed by atoms with Gasteiger partial charge in [-0.15, -0.1) is 0 Å². The summed E-state index contributed by atoms with van der Waals surface area (Å²) in [4.78, 5) is 18.4. The third kappa shape index (κ3) is 2.59. The molecule has 1 heterocycles. The van der Waals surface area contributed by atoms with Gasteiger partial charge in [0.25, 0.3) is 5.52 Å². The number of nitrogens with zero attached hydrogens (tertiary/aromatic N) is 1. The maximum Gasteiger partial charge on any atom is 0.255 e. The Morgan fingerprint density at radius 1 is 1.12 bits per heavy atom. The normalized spacial score (nSPS) is 11.8. The highest BCUT2D eigenvalue weighted by atomic mass is 35.5. The summed E-state index contributed by atoms with van der Waals surface area (Å²) in [6.07, 6.45) is 0. The highest BCUT2D eigenvalue weighted by molar-refractivity contribution is 6.07. The third-order valence-electron chi connectivity index (χ3n) is 3.77. The topological polar surface area (TPSA) is 82.7 Å². The van der Waals surface area contributed by atoms with Gasteiger partial charge in [0.2, 0.25) is 22.9 Å². The number of amides is 1. The first kappa shape index (κ1) is 16.0. The van der Waals surface area contributed by atoms with E-state index in [0.717, 1.165) is 22.0 Å². The van der Waals surface area contributed by atoms with Crippen molar-refractivity contribution in [1.29, 1.82) is 0 Å². The number of nitrogens with two attached hydrogens (primary N) is 1.